The summed E-state index contributed by atoms with van der Waals surface area (Å²) in [5.74, 6) is 0.753. The molecule has 1 N–H and O–H groups in total. The van der Waals surface area contributed by atoms with Gasteiger partial charge in [-0.1, -0.05) is 101 Å². The average molecular weight is 444 g/mol. The summed E-state index contributed by atoms with van der Waals surface area (Å²) in [7, 11) is 0. The highest BCUT2D eigenvalue weighted by atomic mass is 35.5. The molecule has 0 aliphatic rings. The number of hydrogen-bond acceptors (Lipinski definition) is 5. The van der Waals surface area contributed by atoms with Crippen LogP contribution in [0.4, 0.5) is 5.13 Å². The van der Waals surface area contributed by atoms with Crippen LogP contribution in [0.1, 0.15) is 5.76 Å². The van der Waals surface area contributed by atoms with Crippen LogP contribution in [0.25, 0.3) is 33.0 Å². The van der Waals surface area contributed by atoms with Crippen molar-refractivity contribution in [2.75, 3.05) is 5.32 Å². The minimum Gasteiger partial charge on any atom is -0.359 e. The van der Waals surface area contributed by atoms with Crippen LogP contribution in [0.5, 0.6) is 0 Å². The Labute approximate surface area is 189 Å². The summed E-state index contributed by atoms with van der Waals surface area (Å²) >= 11 is 7.70. The average Bonchev–Trinajstić information content (AvgIpc) is 3.47. The summed E-state index contributed by atoms with van der Waals surface area (Å²) in [6.45, 7) is 0.502. The van der Waals surface area contributed by atoms with Gasteiger partial charge in [-0.3, -0.25) is 0 Å². The molecule has 0 saturated carbocycles. The molecule has 2 aromatic heterocycles. The van der Waals surface area contributed by atoms with Crippen molar-refractivity contribution < 1.29 is 4.52 Å². The molecule has 0 bridgehead atoms. The molecule has 5 rings (SSSR count). The van der Waals surface area contributed by atoms with Crippen LogP contribution in [-0.2, 0) is 6.54 Å². The van der Waals surface area contributed by atoms with Crippen LogP contribution < -0.4 is 5.32 Å². The van der Waals surface area contributed by atoms with Gasteiger partial charge in [0.1, 0.15) is 5.69 Å². The molecule has 0 saturated heterocycles. The Morgan fingerprint density at radius 3 is 2.19 bits per heavy atom. The number of halogens is 1. The Hall–Kier alpha value is -3.41. The fraction of sp³-hybridized carbons (Fsp3) is 0.0400. The van der Waals surface area contributed by atoms with E-state index < -0.39 is 0 Å². The number of aromatic nitrogens is 2. The van der Waals surface area contributed by atoms with Gasteiger partial charge < -0.3 is 9.84 Å². The maximum absolute atomic E-state index is 6.08. The highest BCUT2D eigenvalue weighted by Crippen LogP contribution is 2.39. The molecule has 3 aromatic carbocycles. The Morgan fingerprint density at radius 1 is 0.806 bits per heavy atom. The number of benzene rings is 3. The van der Waals surface area contributed by atoms with Crippen molar-refractivity contribution in [1.82, 2.24) is 10.1 Å². The van der Waals surface area contributed by atoms with Crippen LogP contribution in [0.3, 0.4) is 0 Å². The maximum Gasteiger partial charge on any atom is 0.184 e. The zero-order chi connectivity index (χ0) is 21.0. The quantitative estimate of drug-likeness (QED) is 0.297. The van der Waals surface area contributed by atoms with E-state index in [1.165, 1.54) is 0 Å². The summed E-state index contributed by atoms with van der Waals surface area (Å²) in [5.41, 5.74) is 4.94. The van der Waals surface area contributed by atoms with E-state index in [2.05, 4.69) is 22.6 Å². The van der Waals surface area contributed by atoms with Gasteiger partial charge in [0.25, 0.3) is 0 Å². The van der Waals surface area contributed by atoms with E-state index >= 15 is 0 Å². The zero-order valence-corrected chi connectivity index (χ0v) is 18.0. The van der Waals surface area contributed by atoms with Crippen molar-refractivity contribution in [2.45, 2.75) is 6.54 Å². The Kier molecular flexibility index (Phi) is 5.52. The van der Waals surface area contributed by atoms with Crippen molar-refractivity contribution in [3.05, 3.63) is 102 Å². The lowest BCUT2D eigenvalue weighted by atomic mass is 10.1. The topological polar surface area (TPSA) is 51.0 Å². The molecule has 5 aromatic rings. The monoisotopic (exact) mass is 443 g/mol. The van der Waals surface area contributed by atoms with E-state index in [0.717, 1.165) is 43.8 Å². The summed E-state index contributed by atoms with van der Waals surface area (Å²) in [4.78, 5) is 5.97. The lowest BCUT2D eigenvalue weighted by Gasteiger charge is -2.02. The molecule has 0 amide bonds. The number of rotatable bonds is 6. The van der Waals surface area contributed by atoms with Gasteiger partial charge in [0.15, 0.2) is 10.9 Å². The molecule has 0 unspecified atom stereocenters. The maximum atomic E-state index is 6.08. The molecular weight excluding hydrogens is 426 g/mol. The third-order valence-corrected chi connectivity index (χ3v) is 6.14. The Bertz CT molecular complexity index is 1280. The van der Waals surface area contributed by atoms with Crippen LogP contribution in [-0.4, -0.2) is 10.1 Å². The summed E-state index contributed by atoms with van der Waals surface area (Å²) < 4.78 is 5.51. The number of nitrogens with zero attached hydrogens (tertiary/aromatic N) is 2. The van der Waals surface area contributed by atoms with Gasteiger partial charge in [0, 0.05) is 22.2 Å². The predicted molar refractivity (Wildman–Crippen MR) is 127 cm³/mol. The van der Waals surface area contributed by atoms with Crippen molar-refractivity contribution in [2.24, 2.45) is 0 Å². The minimum atomic E-state index is 0.502. The minimum absolute atomic E-state index is 0.502. The molecule has 0 spiro atoms. The van der Waals surface area contributed by atoms with Crippen molar-refractivity contribution in [3.8, 4) is 33.0 Å². The van der Waals surface area contributed by atoms with Gasteiger partial charge in [0.05, 0.1) is 17.1 Å². The number of thiazole rings is 1. The summed E-state index contributed by atoms with van der Waals surface area (Å²) in [5, 5.41) is 9.09. The molecule has 0 fully saturated rings. The van der Waals surface area contributed by atoms with E-state index in [0.29, 0.717) is 11.6 Å². The Balaban J connectivity index is 1.41. The number of nitrogens with one attached hydrogen (secondary N) is 1. The van der Waals surface area contributed by atoms with Crippen LogP contribution in [0.2, 0.25) is 5.02 Å². The first-order chi connectivity index (χ1) is 15.3. The van der Waals surface area contributed by atoms with Gasteiger partial charge in [-0.05, 0) is 17.7 Å². The van der Waals surface area contributed by atoms with Crippen LogP contribution >= 0.6 is 22.9 Å². The van der Waals surface area contributed by atoms with E-state index in [-0.39, 0.29) is 0 Å². The second-order valence-electron chi connectivity index (χ2n) is 6.97. The first kappa shape index (κ1) is 19.5. The lowest BCUT2D eigenvalue weighted by molar-refractivity contribution is 0.390. The van der Waals surface area contributed by atoms with Gasteiger partial charge in [-0.15, -0.1) is 0 Å². The molecule has 152 valence electrons. The van der Waals surface area contributed by atoms with Crippen molar-refractivity contribution >= 4 is 28.1 Å². The SMILES string of the molecule is Clc1ccc(-c2nc(NCc3cc(-c4ccccc4)no3)sc2-c2ccccc2)cc1. The normalized spacial score (nSPS) is 10.9. The van der Waals surface area contributed by atoms with Crippen LogP contribution in [0.15, 0.2) is 95.5 Å². The molecule has 0 aliphatic carbocycles. The highest BCUT2D eigenvalue weighted by molar-refractivity contribution is 7.19. The third-order valence-electron chi connectivity index (χ3n) is 4.82. The van der Waals surface area contributed by atoms with E-state index in [4.69, 9.17) is 21.1 Å². The Morgan fingerprint density at radius 2 is 1.48 bits per heavy atom. The van der Waals surface area contributed by atoms with Gasteiger partial charge in [-0.2, -0.15) is 0 Å². The number of anilines is 1. The zero-order valence-electron chi connectivity index (χ0n) is 16.5. The van der Waals surface area contributed by atoms with Crippen molar-refractivity contribution in [1.29, 1.82) is 0 Å². The van der Waals surface area contributed by atoms with Crippen molar-refractivity contribution in [3.63, 3.8) is 0 Å². The smallest absolute Gasteiger partial charge is 0.184 e. The van der Waals surface area contributed by atoms with E-state index in [9.17, 15) is 0 Å². The van der Waals surface area contributed by atoms with Gasteiger partial charge in [-0.25, -0.2) is 4.98 Å². The van der Waals surface area contributed by atoms with Gasteiger partial charge in [0.2, 0.25) is 0 Å². The van der Waals surface area contributed by atoms with Gasteiger partial charge >= 0.3 is 0 Å². The summed E-state index contributed by atoms with van der Waals surface area (Å²) in [6.07, 6.45) is 0. The molecule has 31 heavy (non-hydrogen) atoms. The molecule has 0 aliphatic heterocycles. The summed E-state index contributed by atoms with van der Waals surface area (Å²) in [6, 6.07) is 30.0. The fourth-order valence-electron chi connectivity index (χ4n) is 3.29. The fourth-order valence-corrected chi connectivity index (χ4v) is 4.40. The molecule has 0 atom stereocenters. The molecule has 0 radical (unpaired) electrons. The van der Waals surface area contributed by atoms with E-state index in [1.807, 2.05) is 78.9 Å². The second-order valence-corrected chi connectivity index (χ2v) is 8.40. The predicted octanol–water partition coefficient (Wildman–Crippen LogP) is 7.40. The third kappa shape index (κ3) is 4.38. The molecule has 6 heteroatoms. The first-order valence-corrected chi connectivity index (χ1v) is 11.0. The number of hydrogen-bond donors (Lipinski definition) is 1. The van der Waals surface area contributed by atoms with Crippen LogP contribution in [0, 0.1) is 0 Å². The first-order valence-electron chi connectivity index (χ1n) is 9.83. The molecule has 4 nitrogen and oxygen atoms in total. The highest BCUT2D eigenvalue weighted by Gasteiger charge is 2.15. The second kappa shape index (κ2) is 8.76. The van der Waals surface area contributed by atoms with E-state index in [1.54, 1.807) is 11.3 Å². The lowest BCUT2D eigenvalue weighted by Crippen LogP contribution is -1.97. The standard InChI is InChI=1S/C25H18ClN3OS/c26-20-13-11-18(12-14-20)23-24(19-9-5-2-6-10-19)31-25(28-23)27-16-21-15-22(29-30-21)17-7-3-1-4-8-17/h1-15H,16H2,(H,27,28). The molecule has 2 heterocycles. The largest absolute Gasteiger partial charge is 0.359 e. The molecular formula is C25H18ClN3OS.